The molecule has 0 unspecified atom stereocenters. The molecule has 1 N–H and O–H groups in total. The molecule has 9 heteroatoms. The quantitative estimate of drug-likeness (QED) is 0.201. The van der Waals surface area contributed by atoms with E-state index < -0.39 is 17.8 Å². The first-order valence-corrected chi connectivity index (χ1v) is 12.3. The van der Waals surface area contributed by atoms with Gasteiger partial charge in [0.25, 0.3) is 11.8 Å². The van der Waals surface area contributed by atoms with Crippen molar-refractivity contribution in [2.45, 2.75) is 13.5 Å². The maximum Gasteiger partial charge on any atom is 0.335 e. The standard InChI is InChI=1S/C25H17BrClIN2O4/c1-14-3-2-4-15(9-14)13-34-22-20(26)11-16(12-21(22)28)10-19-23(31)29-25(33)30(24(19)32)18-7-5-17(27)6-8-18/h2-12H,13H2,1H3,(H,29,31,33)/b19-10+. The molecule has 3 aromatic carbocycles. The second kappa shape index (κ2) is 10.3. The number of amides is 4. The molecule has 1 fully saturated rings. The predicted octanol–water partition coefficient (Wildman–Crippen LogP) is 6.26. The molecule has 0 aromatic heterocycles. The van der Waals surface area contributed by atoms with Crippen molar-refractivity contribution in [2.24, 2.45) is 0 Å². The summed E-state index contributed by atoms with van der Waals surface area (Å²) in [5, 5.41) is 2.68. The number of anilines is 1. The van der Waals surface area contributed by atoms with Crippen LogP contribution in [0, 0.1) is 10.5 Å². The van der Waals surface area contributed by atoms with Gasteiger partial charge in [0, 0.05) is 5.02 Å². The van der Waals surface area contributed by atoms with Crippen LogP contribution in [0.3, 0.4) is 0 Å². The highest BCUT2D eigenvalue weighted by molar-refractivity contribution is 14.1. The van der Waals surface area contributed by atoms with Crippen molar-refractivity contribution >= 4 is 79.7 Å². The molecule has 3 aromatic rings. The van der Waals surface area contributed by atoms with Crippen LogP contribution in [0.15, 0.2) is 70.7 Å². The Kier molecular flexibility index (Phi) is 7.39. The Morgan fingerprint density at radius 2 is 1.82 bits per heavy atom. The number of carbonyl (C=O) groups excluding carboxylic acids is 3. The lowest BCUT2D eigenvalue weighted by Gasteiger charge is -2.26. The molecule has 1 aliphatic heterocycles. The molecule has 6 nitrogen and oxygen atoms in total. The van der Waals surface area contributed by atoms with Gasteiger partial charge in [0.15, 0.2) is 0 Å². The third-order valence-electron chi connectivity index (χ3n) is 4.98. The van der Waals surface area contributed by atoms with Gasteiger partial charge in [-0.3, -0.25) is 14.9 Å². The molecular formula is C25H17BrClIN2O4. The van der Waals surface area contributed by atoms with Crippen molar-refractivity contribution in [3.63, 3.8) is 0 Å². The summed E-state index contributed by atoms with van der Waals surface area (Å²) in [5.41, 5.74) is 2.94. The van der Waals surface area contributed by atoms with Gasteiger partial charge in [0.2, 0.25) is 0 Å². The lowest BCUT2D eigenvalue weighted by molar-refractivity contribution is -0.122. The SMILES string of the molecule is Cc1cccc(COc2c(Br)cc(/C=C3\C(=O)NC(=O)N(c4ccc(Cl)cc4)C3=O)cc2I)c1. The van der Waals surface area contributed by atoms with E-state index in [-0.39, 0.29) is 5.57 Å². The van der Waals surface area contributed by atoms with Gasteiger partial charge in [-0.25, -0.2) is 9.69 Å². The van der Waals surface area contributed by atoms with E-state index in [1.54, 1.807) is 24.3 Å². The molecule has 1 saturated heterocycles. The van der Waals surface area contributed by atoms with Crippen LogP contribution in [-0.2, 0) is 16.2 Å². The molecule has 0 atom stereocenters. The maximum atomic E-state index is 13.1. The van der Waals surface area contributed by atoms with Gasteiger partial charge in [-0.15, -0.1) is 0 Å². The molecule has 34 heavy (non-hydrogen) atoms. The number of nitrogens with zero attached hydrogens (tertiary/aromatic N) is 1. The third kappa shape index (κ3) is 5.34. The molecule has 1 aliphatic rings. The normalized spacial score (nSPS) is 15.0. The number of urea groups is 1. The van der Waals surface area contributed by atoms with Crippen molar-refractivity contribution in [1.29, 1.82) is 0 Å². The zero-order valence-corrected chi connectivity index (χ0v) is 22.3. The molecule has 0 aliphatic carbocycles. The number of hydrogen-bond acceptors (Lipinski definition) is 4. The first kappa shape index (κ1) is 24.4. The first-order valence-electron chi connectivity index (χ1n) is 10.1. The molecular weight excluding hydrogens is 635 g/mol. The second-order valence-corrected chi connectivity index (χ2v) is 9.98. The van der Waals surface area contributed by atoms with E-state index in [1.165, 1.54) is 18.2 Å². The number of rotatable bonds is 5. The average Bonchev–Trinajstić information content (AvgIpc) is 2.77. The van der Waals surface area contributed by atoms with Crippen molar-refractivity contribution in [3.05, 3.63) is 96.0 Å². The van der Waals surface area contributed by atoms with E-state index in [0.29, 0.717) is 33.1 Å². The Labute approximate surface area is 223 Å². The fourth-order valence-corrected chi connectivity index (χ4v) is 5.30. The highest BCUT2D eigenvalue weighted by Crippen LogP contribution is 2.34. The predicted molar refractivity (Wildman–Crippen MR) is 143 cm³/mol. The minimum atomic E-state index is -0.815. The van der Waals surface area contributed by atoms with Crippen LogP contribution in [0.2, 0.25) is 5.02 Å². The maximum absolute atomic E-state index is 13.1. The zero-order chi connectivity index (χ0) is 24.4. The van der Waals surface area contributed by atoms with Gasteiger partial charge in [0.05, 0.1) is 13.7 Å². The van der Waals surface area contributed by atoms with Crippen LogP contribution in [0.5, 0.6) is 5.75 Å². The number of hydrogen-bond donors (Lipinski definition) is 1. The summed E-state index contributed by atoms with van der Waals surface area (Å²) < 4.78 is 7.48. The van der Waals surface area contributed by atoms with Crippen molar-refractivity contribution in [3.8, 4) is 5.75 Å². The number of ether oxygens (including phenoxy) is 1. The van der Waals surface area contributed by atoms with E-state index in [9.17, 15) is 14.4 Å². The third-order valence-corrected chi connectivity index (χ3v) is 6.63. The number of barbiturate groups is 1. The van der Waals surface area contributed by atoms with Gasteiger partial charge >= 0.3 is 6.03 Å². The topological polar surface area (TPSA) is 75.7 Å². The largest absolute Gasteiger partial charge is 0.487 e. The number of nitrogens with one attached hydrogen (secondary N) is 1. The minimum Gasteiger partial charge on any atom is -0.487 e. The van der Waals surface area contributed by atoms with Gasteiger partial charge < -0.3 is 4.74 Å². The highest BCUT2D eigenvalue weighted by atomic mass is 127. The van der Waals surface area contributed by atoms with Gasteiger partial charge in [-0.05, 0) is 99.0 Å². The summed E-state index contributed by atoms with van der Waals surface area (Å²) in [4.78, 5) is 38.8. The second-order valence-electron chi connectivity index (χ2n) is 7.53. The average molecular weight is 652 g/mol. The van der Waals surface area contributed by atoms with Crippen LogP contribution >= 0.6 is 50.1 Å². The Morgan fingerprint density at radius 3 is 2.50 bits per heavy atom. The molecule has 0 spiro atoms. The van der Waals surface area contributed by atoms with Gasteiger partial charge in [0.1, 0.15) is 17.9 Å². The Balaban J connectivity index is 1.60. The molecule has 0 bridgehead atoms. The Morgan fingerprint density at radius 1 is 1.09 bits per heavy atom. The summed E-state index contributed by atoms with van der Waals surface area (Å²) in [6.07, 6.45) is 1.45. The van der Waals surface area contributed by atoms with Crippen LogP contribution < -0.4 is 15.0 Å². The van der Waals surface area contributed by atoms with Crippen molar-refractivity contribution in [1.82, 2.24) is 5.32 Å². The lowest BCUT2D eigenvalue weighted by atomic mass is 10.1. The number of imide groups is 2. The molecule has 4 amide bonds. The van der Waals surface area contributed by atoms with E-state index in [1.807, 2.05) is 25.1 Å². The summed E-state index contributed by atoms with van der Waals surface area (Å²) in [5.74, 6) is -0.824. The summed E-state index contributed by atoms with van der Waals surface area (Å²) in [7, 11) is 0. The summed E-state index contributed by atoms with van der Waals surface area (Å²) in [6, 6.07) is 17.0. The van der Waals surface area contributed by atoms with E-state index in [4.69, 9.17) is 16.3 Å². The molecule has 1 heterocycles. The zero-order valence-electron chi connectivity index (χ0n) is 17.8. The van der Waals surface area contributed by atoms with E-state index in [2.05, 4.69) is 49.9 Å². The van der Waals surface area contributed by atoms with Crippen molar-refractivity contribution < 1.29 is 19.1 Å². The first-order chi connectivity index (χ1) is 16.2. The van der Waals surface area contributed by atoms with E-state index in [0.717, 1.165) is 19.6 Å². The van der Waals surface area contributed by atoms with Crippen molar-refractivity contribution in [2.75, 3.05) is 4.90 Å². The molecule has 0 radical (unpaired) electrons. The minimum absolute atomic E-state index is 0.161. The smallest absolute Gasteiger partial charge is 0.335 e. The molecule has 4 rings (SSSR count). The Hall–Kier alpha value is -2.69. The number of halogens is 3. The fraction of sp³-hybridized carbons (Fsp3) is 0.0800. The number of benzene rings is 3. The molecule has 172 valence electrons. The van der Waals surface area contributed by atoms with E-state index >= 15 is 0 Å². The Bertz CT molecular complexity index is 1320. The van der Waals surface area contributed by atoms with Gasteiger partial charge in [-0.1, -0.05) is 41.4 Å². The lowest BCUT2D eigenvalue weighted by Crippen LogP contribution is -2.54. The summed E-state index contributed by atoms with van der Waals surface area (Å²) >= 11 is 11.6. The molecule has 0 saturated carbocycles. The summed E-state index contributed by atoms with van der Waals surface area (Å²) in [6.45, 7) is 2.42. The fourth-order valence-electron chi connectivity index (χ4n) is 3.41. The highest BCUT2D eigenvalue weighted by Gasteiger charge is 2.36. The van der Waals surface area contributed by atoms with Crippen LogP contribution in [-0.4, -0.2) is 17.8 Å². The van der Waals surface area contributed by atoms with Crippen LogP contribution in [0.4, 0.5) is 10.5 Å². The van der Waals surface area contributed by atoms with Crippen LogP contribution in [0.25, 0.3) is 6.08 Å². The number of aryl methyl sites for hydroxylation is 1. The van der Waals surface area contributed by atoms with Gasteiger partial charge in [-0.2, -0.15) is 0 Å². The van der Waals surface area contributed by atoms with Crippen LogP contribution in [0.1, 0.15) is 16.7 Å². The number of carbonyl (C=O) groups is 3. The monoisotopic (exact) mass is 650 g/mol.